The Morgan fingerprint density at radius 3 is 2.71 bits per heavy atom. The number of amides is 1. The van der Waals surface area contributed by atoms with Crippen molar-refractivity contribution in [2.75, 3.05) is 32.9 Å². The van der Waals surface area contributed by atoms with Crippen LogP contribution in [0, 0.1) is 5.92 Å². The molecule has 1 amide bonds. The van der Waals surface area contributed by atoms with Gasteiger partial charge in [0.25, 0.3) is 0 Å². The van der Waals surface area contributed by atoms with E-state index < -0.39 is 11.7 Å². The first-order valence-corrected chi connectivity index (χ1v) is 11.1. The van der Waals surface area contributed by atoms with E-state index in [2.05, 4.69) is 9.88 Å². The van der Waals surface area contributed by atoms with Gasteiger partial charge in [0.1, 0.15) is 0 Å². The van der Waals surface area contributed by atoms with Crippen molar-refractivity contribution in [3.63, 3.8) is 0 Å². The van der Waals surface area contributed by atoms with Gasteiger partial charge in [-0.3, -0.25) is 14.7 Å². The van der Waals surface area contributed by atoms with Gasteiger partial charge in [-0.05, 0) is 43.7 Å². The van der Waals surface area contributed by atoms with Crippen molar-refractivity contribution in [2.24, 2.45) is 5.92 Å². The van der Waals surface area contributed by atoms with Gasteiger partial charge in [0.2, 0.25) is 5.91 Å². The van der Waals surface area contributed by atoms with Crippen LogP contribution in [0.15, 0.2) is 12.3 Å². The Balaban J connectivity index is 1.40. The van der Waals surface area contributed by atoms with Crippen LogP contribution in [0.4, 0.5) is 13.2 Å². The summed E-state index contributed by atoms with van der Waals surface area (Å²) in [5, 5.41) is 9.55. The molecule has 0 aromatic carbocycles. The van der Waals surface area contributed by atoms with Crippen molar-refractivity contribution in [3.05, 3.63) is 29.1 Å². The zero-order chi connectivity index (χ0) is 22.0. The maximum absolute atomic E-state index is 13.2. The van der Waals surface area contributed by atoms with E-state index in [1.54, 1.807) is 4.90 Å². The van der Waals surface area contributed by atoms with Gasteiger partial charge >= 0.3 is 6.18 Å². The molecule has 172 valence electrons. The lowest BCUT2D eigenvalue weighted by Crippen LogP contribution is -2.47. The van der Waals surface area contributed by atoms with Crippen LogP contribution in [0.25, 0.3) is 0 Å². The molecule has 4 rings (SSSR count). The van der Waals surface area contributed by atoms with E-state index in [0.717, 1.165) is 57.6 Å². The monoisotopic (exact) mass is 441 g/mol. The number of nitrogens with zero attached hydrogens (tertiary/aromatic N) is 3. The second-order valence-corrected chi connectivity index (χ2v) is 8.81. The van der Waals surface area contributed by atoms with Gasteiger partial charge in [-0.15, -0.1) is 0 Å². The molecule has 3 heterocycles. The topological polar surface area (TPSA) is 65.9 Å². The second kappa shape index (κ2) is 9.42. The molecule has 3 aliphatic rings. The van der Waals surface area contributed by atoms with E-state index >= 15 is 0 Å². The van der Waals surface area contributed by atoms with Crippen LogP contribution < -0.4 is 0 Å². The molecule has 9 heteroatoms. The van der Waals surface area contributed by atoms with Gasteiger partial charge in [0, 0.05) is 69.2 Å². The number of carbonyl (C=O) groups is 1. The third-order valence-electron chi connectivity index (χ3n) is 6.92. The van der Waals surface area contributed by atoms with E-state index in [9.17, 15) is 23.1 Å². The van der Waals surface area contributed by atoms with E-state index in [1.807, 2.05) is 0 Å². The normalized spacial score (nSPS) is 25.1. The molecular weight excluding hydrogens is 411 g/mol. The lowest BCUT2D eigenvalue weighted by Gasteiger charge is -2.38. The van der Waals surface area contributed by atoms with Crippen molar-refractivity contribution in [2.45, 2.75) is 63.3 Å². The lowest BCUT2D eigenvalue weighted by atomic mass is 9.99. The molecule has 0 spiro atoms. The molecule has 1 aromatic heterocycles. The zero-order valence-electron chi connectivity index (χ0n) is 17.6. The highest BCUT2D eigenvalue weighted by Crippen LogP contribution is 2.35. The van der Waals surface area contributed by atoms with Crippen LogP contribution in [0.2, 0.25) is 0 Å². The van der Waals surface area contributed by atoms with Gasteiger partial charge in [0.05, 0.1) is 12.2 Å². The number of carbonyl (C=O) groups excluding carboxylic acids is 1. The molecule has 6 nitrogen and oxygen atoms in total. The summed E-state index contributed by atoms with van der Waals surface area (Å²) in [6.45, 7) is 2.81. The van der Waals surface area contributed by atoms with Gasteiger partial charge in [-0.1, -0.05) is 0 Å². The van der Waals surface area contributed by atoms with Crippen molar-refractivity contribution in [1.29, 1.82) is 0 Å². The summed E-state index contributed by atoms with van der Waals surface area (Å²) in [5.41, 5.74) is 0.376. The van der Waals surface area contributed by atoms with Crippen LogP contribution >= 0.6 is 0 Å². The summed E-state index contributed by atoms with van der Waals surface area (Å²) in [7, 11) is 0. The highest BCUT2D eigenvalue weighted by molar-refractivity contribution is 5.79. The van der Waals surface area contributed by atoms with Crippen LogP contribution in [-0.2, 0) is 28.7 Å². The summed E-state index contributed by atoms with van der Waals surface area (Å²) >= 11 is 0. The molecule has 1 N–H and O–H groups in total. The Morgan fingerprint density at radius 1 is 1.23 bits per heavy atom. The smallest absolute Gasteiger partial charge is 0.395 e. The summed E-state index contributed by atoms with van der Waals surface area (Å²) in [4.78, 5) is 21.2. The van der Waals surface area contributed by atoms with Crippen molar-refractivity contribution in [1.82, 2.24) is 14.8 Å². The number of aliphatic hydroxyl groups is 1. The largest absolute Gasteiger partial charge is 0.417 e. The molecule has 1 saturated heterocycles. The average Bonchev–Trinajstić information content (AvgIpc) is 3.26. The quantitative estimate of drug-likeness (QED) is 0.761. The summed E-state index contributed by atoms with van der Waals surface area (Å²) in [6.07, 6.45) is 1.21. The van der Waals surface area contributed by atoms with Gasteiger partial charge < -0.3 is 14.7 Å². The maximum atomic E-state index is 13.2. The first-order valence-electron chi connectivity index (χ1n) is 11.1. The number of hydrogen-bond acceptors (Lipinski definition) is 5. The fraction of sp³-hybridized carbons (Fsp3) is 0.727. The summed E-state index contributed by atoms with van der Waals surface area (Å²) in [5.74, 6) is -0.0900. The summed E-state index contributed by atoms with van der Waals surface area (Å²) in [6, 6.07) is 1.75. The fourth-order valence-electron chi connectivity index (χ4n) is 5.31. The van der Waals surface area contributed by atoms with Crippen molar-refractivity contribution >= 4 is 5.91 Å². The molecule has 2 atom stereocenters. The minimum absolute atomic E-state index is 0.0292. The molecule has 0 bridgehead atoms. The standard InChI is InChI=1S/C22H30F3N3O3/c23-22(24,25)17-11-16-14-27(6-3-20(16)26-13-17)21(30)15-1-2-19(12-15)28(7-8-29)18-4-9-31-10-5-18/h11,13,15,18-19,29H,1-10,12,14H2/t15-,19+/m0/s1. The maximum Gasteiger partial charge on any atom is 0.417 e. The Hall–Kier alpha value is -1.71. The minimum Gasteiger partial charge on any atom is -0.395 e. The number of aromatic nitrogens is 1. The molecule has 1 saturated carbocycles. The first kappa shape index (κ1) is 22.5. The highest BCUT2D eigenvalue weighted by Gasteiger charge is 2.39. The van der Waals surface area contributed by atoms with E-state index in [-0.39, 0.29) is 31.0 Å². The molecular formula is C22H30F3N3O3. The third kappa shape index (κ3) is 5.04. The number of ether oxygens (including phenoxy) is 1. The number of hydrogen-bond donors (Lipinski definition) is 1. The number of alkyl halides is 3. The zero-order valence-corrected chi connectivity index (χ0v) is 17.6. The number of pyridine rings is 1. The number of aliphatic hydroxyl groups excluding tert-OH is 1. The van der Waals surface area contributed by atoms with Crippen LogP contribution in [0.3, 0.4) is 0 Å². The first-order chi connectivity index (χ1) is 14.9. The van der Waals surface area contributed by atoms with Gasteiger partial charge in [-0.25, -0.2) is 0 Å². The van der Waals surface area contributed by atoms with Crippen LogP contribution in [0.5, 0.6) is 0 Å². The van der Waals surface area contributed by atoms with Crippen molar-refractivity contribution < 1.29 is 27.8 Å². The Kier molecular flexibility index (Phi) is 6.83. The fourth-order valence-corrected chi connectivity index (χ4v) is 5.31. The Bertz CT molecular complexity index is 783. The van der Waals surface area contributed by atoms with Crippen LogP contribution in [-0.4, -0.2) is 70.8 Å². The number of fused-ring (bicyclic) bond motifs is 1. The number of halogens is 3. The van der Waals surface area contributed by atoms with Gasteiger partial charge in [-0.2, -0.15) is 13.2 Å². The molecule has 1 aliphatic carbocycles. The summed E-state index contributed by atoms with van der Waals surface area (Å²) < 4.78 is 44.6. The van der Waals surface area contributed by atoms with Gasteiger partial charge in [0.15, 0.2) is 0 Å². The molecule has 0 radical (unpaired) electrons. The van der Waals surface area contributed by atoms with E-state index in [0.29, 0.717) is 36.8 Å². The number of rotatable bonds is 5. The Labute approximate surface area is 180 Å². The minimum atomic E-state index is -4.44. The molecule has 2 aliphatic heterocycles. The third-order valence-corrected chi connectivity index (χ3v) is 6.92. The predicted octanol–water partition coefficient (Wildman–Crippen LogP) is 2.63. The molecule has 2 fully saturated rings. The second-order valence-electron chi connectivity index (χ2n) is 8.81. The van der Waals surface area contributed by atoms with E-state index in [4.69, 9.17) is 4.74 Å². The average molecular weight is 441 g/mol. The van der Waals surface area contributed by atoms with E-state index in [1.165, 1.54) is 0 Å². The van der Waals surface area contributed by atoms with Crippen molar-refractivity contribution in [3.8, 4) is 0 Å². The molecule has 31 heavy (non-hydrogen) atoms. The molecule has 1 aromatic rings. The predicted molar refractivity (Wildman–Crippen MR) is 107 cm³/mol. The Morgan fingerprint density at radius 2 is 2.00 bits per heavy atom. The van der Waals surface area contributed by atoms with Crippen LogP contribution in [0.1, 0.15) is 48.9 Å². The molecule has 0 unspecified atom stereocenters. The highest BCUT2D eigenvalue weighted by atomic mass is 19.4. The SMILES string of the molecule is O=C([C@H]1CC[C@@H](N(CCO)C2CCOCC2)C1)N1CCc2ncc(C(F)(F)F)cc2C1. The lowest BCUT2D eigenvalue weighted by molar-refractivity contribution is -0.138.